The van der Waals surface area contributed by atoms with Gasteiger partial charge in [0.2, 0.25) is 0 Å². The van der Waals surface area contributed by atoms with Crippen molar-refractivity contribution in [2.45, 2.75) is 32.4 Å². The van der Waals surface area contributed by atoms with Crippen LogP contribution in [-0.2, 0) is 13.6 Å². The lowest BCUT2D eigenvalue weighted by atomic mass is 10.2. The number of para-hydroxylation sites is 2. The molecule has 0 amide bonds. The van der Waals surface area contributed by atoms with Crippen molar-refractivity contribution in [1.82, 2.24) is 29.6 Å². The number of rotatable bonds is 3. The van der Waals surface area contributed by atoms with Crippen LogP contribution < -0.4 is 0 Å². The number of aromatic nitrogens is 5. The molecule has 1 unspecified atom stereocenters. The summed E-state index contributed by atoms with van der Waals surface area (Å²) in [6, 6.07) is 8.58. The molecule has 0 bridgehead atoms. The molecule has 0 aliphatic carbocycles. The number of likely N-dealkylation sites (tertiary alicyclic amines) is 1. The van der Waals surface area contributed by atoms with Crippen LogP contribution in [0.1, 0.15) is 36.4 Å². The Bertz CT molecular complexity index is 802. The third kappa shape index (κ3) is 2.20. The summed E-state index contributed by atoms with van der Waals surface area (Å²) in [5.41, 5.74) is 2.24. The molecule has 1 saturated heterocycles. The van der Waals surface area contributed by atoms with E-state index in [2.05, 4.69) is 49.9 Å². The number of hydrogen-bond acceptors (Lipinski definition) is 4. The van der Waals surface area contributed by atoms with Gasteiger partial charge in [0.25, 0.3) is 0 Å². The van der Waals surface area contributed by atoms with Crippen molar-refractivity contribution in [2.24, 2.45) is 7.05 Å². The quantitative estimate of drug-likeness (QED) is 0.806. The lowest BCUT2D eigenvalue weighted by Crippen LogP contribution is -2.25. The second-order valence-corrected chi connectivity index (χ2v) is 5.98. The fraction of sp³-hybridized carbons (Fsp3) is 0.438. The molecule has 6 nitrogen and oxygen atoms in total. The molecule has 2 aromatic heterocycles. The van der Waals surface area contributed by atoms with Crippen LogP contribution in [0.4, 0.5) is 0 Å². The molecule has 1 aromatic carbocycles. The Morgan fingerprint density at radius 2 is 2.14 bits per heavy atom. The minimum atomic E-state index is 0.296. The fourth-order valence-electron chi connectivity index (χ4n) is 3.34. The zero-order chi connectivity index (χ0) is 15.1. The number of imidazole rings is 1. The van der Waals surface area contributed by atoms with Gasteiger partial charge in [-0.2, -0.15) is 5.10 Å². The highest BCUT2D eigenvalue weighted by Crippen LogP contribution is 2.31. The number of aryl methyl sites for hydroxylation is 2. The van der Waals surface area contributed by atoms with Crippen LogP contribution in [-0.4, -0.2) is 36.2 Å². The second kappa shape index (κ2) is 5.21. The molecule has 0 radical (unpaired) electrons. The zero-order valence-electron chi connectivity index (χ0n) is 13.0. The van der Waals surface area contributed by atoms with Gasteiger partial charge < -0.3 is 4.57 Å². The van der Waals surface area contributed by atoms with Crippen LogP contribution in [0.25, 0.3) is 11.0 Å². The molecule has 4 rings (SSSR count). The predicted molar refractivity (Wildman–Crippen MR) is 84.2 cm³/mol. The van der Waals surface area contributed by atoms with Gasteiger partial charge in [0, 0.05) is 7.05 Å². The van der Waals surface area contributed by atoms with Crippen LogP contribution in [0.2, 0.25) is 0 Å². The highest BCUT2D eigenvalue weighted by atomic mass is 15.3. The van der Waals surface area contributed by atoms with E-state index < -0.39 is 0 Å². The molecular formula is C16H20N6. The Labute approximate surface area is 129 Å². The molecule has 22 heavy (non-hydrogen) atoms. The van der Waals surface area contributed by atoms with Gasteiger partial charge in [0.1, 0.15) is 11.6 Å². The number of nitrogens with one attached hydrogen (secondary N) is 1. The molecule has 1 aliphatic heterocycles. The molecule has 0 saturated carbocycles. The molecule has 1 aliphatic rings. The Morgan fingerprint density at radius 1 is 1.27 bits per heavy atom. The van der Waals surface area contributed by atoms with Crippen molar-refractivity contribution in [3.8, 4) is 0 Å². The van der Waals surface area contributed by atoms with E-state index in [-0.39, 0.29) is 0 Å². The van der Waals surface area contributed by atoms with Gasteiger partial charge in [-0.3, -0.25) is 10.00 Å². The van der Waals surface area contributed by atoms with Gasteiger partial charge >= 0.3 is 0 Å². The molecule has 3 aromatic rings. The third-order valence-electron chi connectivity index (χ3n) is 4.50. The van der Waals surface area contributed by atoms with Crippen LogP contribution in [0.3, 0.4) is 0 Å². The van der Waals surface area contributed by atoms with Crippen LogP contribution in [0.15, 0.2) is 24.3 Å². The normalized spacial score (nSPS) is 19.3. The second-order valence-electron chi connectivity index (χ2n) is 5.98. The standard InChI is InChI=1S/C16H20N6/c1-11-17-16(20-19-11)14-8-5-9-22(14)10-15-18-12-6-3-4-7-13(12)21(15)2/h3-4,6-7,14H,5,8-10H2,1-2H3,(H,17,19,20). The van der Waals surface area contributed by atoms with Crippen LogP contribution >= 0.6 is 0 Å². The van der Waals surface area contributed by atoms with Gasteiger partial charge in [-0.25, -0.2) is 9.97 Å². The van der Waals surface area contributed by atoms with Crippen molar-refractivity contribution < 1.29 is 0 Å². The van der Waals surface area contributed by atoms with Gasteiger partial charge in [-0.05, 0) is 38.4 Å². The third-order valence-corrected chi connectivity index (χ3v) is 4.50. The molecule has 6 heteroatoms. The minimum Gasteiger partial charge on any atom is -0.330 e. The largest absolute Gasteiger partial charge is 0.330 e. The summed E-state index contributed by atoms with van der Waals surface area (Å²) in [7, 11) is 2.09. The lowest BCUT2D eigenvalue weighted by molar-refractivity contribution is 0.232. The Balaban J connectivity index is 1.62. The van der Waals surface area contributed by atoms with E-state index in [0.717, 1.165) is 42.5 Å². The molecule has 114 valence electrons. The molecular weight excluding hydrogens is 276 g/mol. The lowest BCUT2D eigenvalue weighted by Gasteiger charge is -2.21. The molecule has 1 N–H and O–H groups in total. The molecule has 1 fully saturated rings. The maximum atomic E-state index is 4.78. The summed E-state index contributed by atoms with van der Waals surface area (Å²) >= 11 is 0. The van der Waals surface area contributed by atoms with E-state index in [1.807, 2.05) is 13.0 Å². The van der Waals surface area contributed by atoms with Crippen LogP contribution in [0.5, 0.6) is 0 Å². The van der Waals surface area contributed by atoms with E-state index in [4.69, 9.17) is 4.98 Å². The van der Waals surface area contributed by atoms with Gasteiger partial charge in [0.15, 0.2) is 5.82 Å². The number of hydrogen-bond donors (Lipinski definition) is 1. The summed E-state index contributed by atoms with van der Waals surface area (Å²) in [5.74, 6) is 2.89. The Morgan fingerprint density at radius 3 is 2.91 bits per heavy atom. The summed E-state index contributed by atoms with van der Waals surface area (Å²) in [4.78, 5) is 11.7. The Kier molecular flexibility index (Phi) is 3.18. The van der Waals surface area contributed by atoms with E-state index in [1.54, 1.807) is 0 Å². The highest BCUT2D eigenvalue weighted by Gasteiger charge is 2.30. The van der Waals surface area contributed by atoms with Crippen molar-refractivity contribution >= 4 is 11.0 Å². The number of H-pyrrole nitrogens is 1. The first kappa shape index (κ1) is 13.5. The first-order chi connectivity index (χ1) is 10.7. The van der Waals surface area contributed by atoms with E-state index in [1.165, 1.54) is 11.9 Å². The number of fused-ring (bicyclic) bond motifs is 1. The molecule has 0 spiro atoms. The van der Waals surface area contributed by atoms with Crippen molar-refractivity contribution in [2.75, 3.05) is 6.54 Å². The fourth-order valence-corrected chi connectivity index (χ4v) is 3.34. The average Bonchev–Trinajstić information content (AvgIpc) is 3.21. The smallest absolute Gasteiger partial charge is 0.167 e. The monoisotopic (exact) mass is 296 g/mol. The average molecular weight is 296 g/mol. The maximum absolute atomic E-state index is 4.78. The van der Waals surface area contributed by atoms with Crippen molar-refractivity contribution in [3.05, 3.63) is 41.7 Å². The number of benzene rings is 1. The zero-order valence-corrected chi connectivity index (χ0v) is 13.0. The van der Waals surface area contributed by atoms with Gasteiger partial charge in [-0.1, -0.05) is 12.1 Å². The van der Waals surface area contributed by atoms with E-state index in [0.29, 0.717) is 6.04 Å². The summed E-state index contributed by atoms with van der Waals surface area (Å²) < 4.78 is 2.19. The summed E-state index contributed by atoms with van der Waals surface area (Å²) in [5, 5.41) is 7.30. The first-order valence-corrected chi connectivity index (χ1v) is 7.75. The number of aromatic amines is 1. The number of nitrogens with zero attached hydrogens (tertiary/aromatic N) is 5. The SMILES string of the molecule is Cc1nc(C2CCCN2Cc2nc3ccccc3n2C)n[nH]1. The van der Waals surface area contributed by atoms with Crippen molar-refractivity contribution in [3.63, 3.8) is 0 Å². The summed E-state index contributed by atoms with van der Waals surface area (Å²) in [6.07, 6.45) is 2.30. The summed E-state index contributed by atoms with van der Waals surface area (Å²) in [6.45, 7) is 3.85. The maximum Gasteiger partial charge on any atom is 0.167 e. The highest BCUT2D eigenvalue weighted by molar-refractivity contribution is 5.75. The van der Waals surface area contributed by atoms with E-state index in [9.17, 15) is 0 Å². The van der Waals surface area contributed by atoms with Gasteiger partial charge in [-0.15, -0.1) is 0 Å². The Hall–Kier alpha value is -2.21. The van der Waals surface area contributed by atoms with Gasteiger partial charge in [0.05, 0.1) is 23.6 Å². The topological polar surface area (TPSA) is 62.6 Å². The minimum absolute atomic E-state index is 0.296. The molecule has 1 atom stereocenters. The van der Waals surface area contributed by atoms with E-state index >= 15 is 0 Å². The molecule has 3 heterocycles. The first-order valence-electron chi connectivity index (χ1n) is 7.75. The van der Waals surface area contributed by atoms with Crippen molar-refractivity contribution in [1.29, 1.82) is 0 Å². The van der Waals surface area contributed by atoms with Crippen LogP contribution in [0, 0.1) is 6.92 Å². The predicted octanol–water partition coefficient (Wildman–Crippen LogP) is 2.34.